The molecule has 2 aromatic heterocycles. The second-order valence-corrected chi connectivity index (χ2v) is 15.1. The molecule has 4 heterocycles. The Bertz CT molecular complexity index is 2150. The molecule has 0 bridgehead atoms. The van der Waals surface area contributed by atoms with Crippen molar-refractivity contribution in [3.05, 3.63) is 85.5 Å². The van der Waals surface area contributed by atoms with Crippen molar-refractivity contribution in [2.45, 2.75) is 78.8 Å². The molecule has 1 aromatic carbocycles. The number of piperidine rings is 1. The predicted octanol–water partition coefficient (Wildman–Crippen LogP) is 4.38. The zero-order valence-electron chi connectivity index (χ0n) is 32.8. The molecule has 3 N–H and O–H groups in total. The normalized spacial score (nSPS) is 15.7. The minimum absolute atomic E-state index is 0.0200. The number of nitrogens with zero attached hydrogens (tertiary/aromatic N) is 5. The SMILES string of the molecule is CC(=O)NCCCCNC(=O)COC1=CCCC(C=O)=C1C(=O)N(C)C1CCC(=O)NC1=O.Cc1sc2c(c1C)C(c1ccc(Cl)cc1)=NCc1nnc(C)n1-2.[S]=[W]. The molecule has 3 aliphatic rings. The van der Waals surface area contributed by atoms with E-state index in [0.717, 1.165) is 32.9 Å². The van der Waals surface area contributed by atoms with E-state index >= 15 is 0 Å². The van der Waals surface area contributed by atoms with Gasteiger partial charge in [0.2, 0.25) is 17.7 Å². The van der Waals surface area contributed by atoms with Crippen molar-refractivity contribution in [3.63, 3.8) is 0 Å². The van der Waals surface area contributed by atoms with Gasteiger partial charge in [0.15, 0.2) is 12.4 Å². The first-order valence-electron chi connectivity index (χ1n) is 18.4. The number of hydrogen-bond donors (Lipinski definition) is 3. The summed E-state index contributed by atoms with van der Waals surface area (Å²) in [4.78, 5) is 78.6. The third-order valence-corrected chi connectivity index (χ3v) is 11.0. The van der Waals surface area contributed by atoms with Crippen LogP contribution >= 0.6 is 32.8 Å². The number of thiophene rings is 1. The Morgan fingerprint density at radius 1 is 1.09 bits per heavy atom. The molecular weight excluding hydrogens is 976 g/mol. The van der Waals surface area contributed by atoms with Gasteiger partial charge in [0.05, 0.1) is 11.3 Å². The molecule has 15 nitrogen and oxygen atoms in total. The number of allylic oxidation sites excluding steroid dienone is 2. The average Bonchev–Trinajstić information content (AvgIpc) is 3.66. The van der Waals surface area contributed by atoms with Crippen LogP contribution in [-0.4, -0.2) is 94.0 Å². The maximum atomic E-state index is 13.2. The van der Waals surface area contributed by atoms with Crippen LogP contribution in [0, 0.1) is 20.8 Å². The molecule has 0 saturated carbocycles. The zero-order chi connectivity index (χ0) is 42.5. The Morgan fingerprint density at radius 3 is 2.43 bits per heavy atom. The Hall–Kier alpha value is -4.57. The first-order chi connectivity index (χ1) is 27.8. The van der Waals surface area contributed by atoms with Crippen molar-refractivity contribution in [3.8, 4) is 5.00 Å². The van der Waals surface area contributed by atoms with Crippen LogP contribution in [0.1, 0.15) is 78.7 Å². The minimum atomic E-state index is -0.848. The van der Waals surface area contributed by atoms with Crippen LogP contribution in [0.2, 0.25) is 5.02 Å². The summed E-state index contributed by atoms with van der Waals surface area (Å²) in [5, 5.41) is 18.0. The summed E-state index contributed by atoms with van der Waals surface area (Å²) in [5.74, 6) is -0.153. The van der Waals surface area contributed by atoms with Crippen LogP contribution in [0.25, 0.3) is 5.00 Å². The van der Waals surface area contributed by atoms with E-state index in [-0.39, 0.29) is 48.2 Å². The van der Waals surface area contributed by atoms with Crippen molar-refractivity contribution in [1.82, 2.24) is 35.6 Å². The molecule has 2 aliphatic heterocycles. The summed E-state index contributed by atoms with van der Waals surface area (Å²) in [6.45, 7) is 8.83. The van der Waals surface area contributed by atoms with Crippen LogP contribution in [0.5, 0.6) is 0 Å². The summed E-state index contributed by atoms with van der Waals surface area (Å²) >= 11 is 8.97. The molecule has 0 radical (unpaired) electrons. The van der Waals surface area contributed by atoms with Gasteiger partial charge in [0.25, 0.3) is 11.8 Å². The van der Waals surface area contributed by atoms with Gasteiger partial charge in [-0.05, 0) is 76.6 Å². The van der Waals surface area contributed by atoms with Crippen molar-refractivity contribution < 1.29 is 51.5 Å². The number of rotatable bonds is 12. The molecule has 6 rings (SSSR count). The number of carbonyl (C=O) groups excluding carboxylic acids is 6. The molecule has 0 spiro atoms. The van der Waals surface area contributed by atoms with Crippen molar-refractivity contribution >= 4 is 74.3 Å². The predicted molar refractivity (Wildman–Crippen MR) is 218 cm³/mol. The van der Waals surface area contributed by atoms with Gasteiger partial charge in [0.1, 0.15) is 35.5 Å². The van der Waals surface area contributed by atoms with Crippen LogP contribution in [0.4, 0.5) is 0 Å². The number of hydrogen-bond acceptors (Lipinski definition) is 12. The van der Waals surface area contributed by atoms with Crippen molar-refractivity contribution in [2.75, 3.05) is 26.7 Å². The number of imide groups is 1. The number of aliphatic imine (C=N–C) groups is 1. The summed E-state index contributed by atoms with van der Waals surface area (Å²) in [6, 6.07) is 7.01. The van der Waals surface area contributed by atoms with Gasteiger partial charge in [-0.2, -0.15) is 0 Å². The van der Waals surface area contributed by atoms with E-state index in [1.54, 1.807) is 17.4 Å². The molecule has 1 atom stereocenters. The van der Waals surface area contributed by atoms with Crippen molar-refractivity contribution in [2.24, 2.45) is 4.99 Å². The van der Waals surface area contributed by atoms with Crippen LogP contribution in [-0.2, 0) is 58.0 Å². The van der Waals surface area contributed by atoms with Crippen LogP contribution in [0.15, 0.2) is 52.2 Å². The molecule has 3 aromatic rings. The van der Waals surface area contributed by atoms with Gasteiger partial charge in [-0.15, -0.1) is 21.5 Å². The van der Waals surface area contributed by atoms with E-state index in [2.05, 4.69) is 54.4 Å². The third-order valence-electron chi connectivity index (χ3n) is 9.52. The third kappa shape index (κ3) is 11.5. The topological polar surface area (TPSA) is 194 Å². The molecule has 19 heteroatoms. The van der Waals surface area contributed by atoms with Crippen LogP contribution in [0.3, 0.4) is 0 Å². The summed E-state index contributed by atoms with van der Waals surface area (Å²) in [7, 11) is 5.59. The van der Waals surface area contributed by atoms with E-state index in [9.17, 15) is 28.8 Å². The standard InChI is InChI=1S/C22H30N4O7.C17H15ClN4S.S.W/c1-14(28)23-10-3-4-11-24-19(30)13-33-17-7-5-6-15(12-27)20(17)22(32)26(2)16-8-9-18(29)25-21(16)31;1-9-10(2)23-17-15(9)16(12-4-6-13(18)7-5-12)19-8-14-21-20-11(3)22(14)17;;/h7,12,16H,3-6,8-11,13H2,1-2H3,(H,23,28)(H,24,30)(H,25,29,31);4-7H,8H2,1-3H3;;. The molecule has 58 heavy (non-hydrogen) atoms. The van der Waals surface area contributed by atoms with Gasteiger partial charge < -0.3 is 20.3 Å². The Balaban J connectivity index is 0.000000259. The number of halogens is 1. The number of aromatic nitrogens is 3. The number of likely N-dealkylation sites (N-methyl/N-ethyl adjacent to an activating group) is 1. The fourth-order valence-corrected chi connectivity index (χ4v) is 7.78. The number of nitrogens with one attached hydrogen (secondary N) is 3. The molecular formula is C39H45ClN8O7S2W. The van der Waals surface area contributed by atoms with Gasteiger partial charge in [-0.3, -0.25) is 43.6 Å². The van der Waals surface area contributed by atoms with E-state index in [1.165, 1.54) is 52.9 Å². The number of aldehydes is 1. The van der Waals surface area contributed by atoms with Crippen LogP contribution < -0.4 is 16.0 Å². The summed E-state index contributed by atoms with van der Waals surface area (Å²) < 4.78 is 7.71. The van der Waals surface area contributed by atoms with Gasteiger partial charge >= 0.3 is 27.8 Å². The average molecular weight is 1020 g/mol. The van der Waals surface area contributed by atoms with Gasteiger partial charge in [-0.25, -0.2) is 0 Å². The zero-order valence-corrected chi connectivity index (χ0v) is 38.1. The number of benzene rings is 1. The van der Waals surface area contributed by atoms with Crippen molar-refractivity contribution in [1.29, 1.82) is 0 Å². The van der Waals surface area contributed by atoms with E-state index < -0.39 is 23.8 Å². The molecule has 5 amide bonds. The quantitative estimate of drug-likeness (QED) is 0.133. The van der Waals surface area contributed by atoms with E-state index in [4.69, 9.17) is 21.3 Å². The molecule has 308 valence electrons. The second kappa shape index (κ2) is 22.0. The van der Waals surface area contributed by atoms with Gasteiger partial charge in [0, 0.05) is 60.1 Å². The molecule has 1 unspecified atom stereocenters. The second-order valence-electron chi connectivity index (χ2n) is 13.5. The number of fused-ring (bicyclic) bond motifs is 3. The number of ether oxygens (including phenoxy) is 1. The fraction of sp³-hybridized carbons (Fsp3) is 0.410. The van der Waals surface area contributed by atoms with E-state index in [1.807, 2.05) is 31.2 Å². The Kier molecular flexibility index (Phi) is 17.5. The van der Waals surface area contributed by atoms with Gasteiger partial charge in [-0.1, -0.05) is 23.7 Å². The maximum absolute atomic E-state index is 13.2. The van der Waals surface area contributed by atoms with E-state index in [0.29, 0.717) is 51.6 Å². The molecule has 1 saturated heterocycles. The monoisotopic (exact) mass is 1020 g/mol. The fourth-order valence-electron chi connectivity index (χ4n) is 6.43. The summed E-state index contributed by atoms with van der Waals surface area (Å²) in [6.07, 6.45) is 4.69. The first-order valence-corrected chi connectivity index (χ1v) is 23.5. The summed E-state index contributed by atoms with van der Waals surface area (Å²) in [5.41, 5.74) is 4.77. The number of amides is 5. The number of unbranched alkanes of at least 4 members (excludes halogenated alkanes) is 1. The number of aryl methyl sites for hydroxylation is 2. The Morgan fingerprint density at radius 2 is 1.78 bits per heavy atom. The Labute approximate surface area is 360 Å². The number of carbonyl (C=O) groups is 6. The molecule has 1 fully saturated rings. The molecule has 1 aliphatic carbocycles. The first kappa shape index (κ1) is 46.1.